The van der Waals surface area contributed by atoms with Crippen LogP contribution in [0.25, 0.3) is 0 Å². The Morgan fingerprint density at radius 1 is 1.29 bits per heavy atom. The molecule has 3 nitrogen and oxygen atoms in total. The van der Waals surface area contributed by atoms with Crippen molar-refractivity contribution in [3.8, 4) is 0 Å². The standard InChI is InChI=1S/C13H24ClN3/c1-10-11(14)7-17(16-10)9-13(5,6)8-15-12(2,3)4/h7,15H,8-9H2,1-6H3. The zero-order chi connectivity index (χ0) is 13.3. The number of aromatic nitrogens is 2. The van der Waals surface area contributed by atoms with Crippen molar-refractivity contribution in [1.29, 1.82) is 0 Å². The second kappa shape index (κ2) is 4.99. The Balaban J connectivity index is 2.60. The minimum atomic E-state index is 0.148. The molecule has 4 heteroatoms. The summed E-state index contributed by atoms with van der Waals surface area (Å²) in [6.45, 7) is 14.7. The van der Waals surface area contributed by atoms with Crippen LogP contribution < -0.4 is 5.32 Å². The number of nitrogens with one attached hydrogen (secondary N) is 1. The normalized spacial score (nSPS) is 13.1. The predicted octanol–water partition coefficient (Wildman–Crippen LogP) is 3.26. The number of hydrogen-bond acceptors (Lipinski definition) is 2. The number of halogens is 1. The van der Waals surface area contributed by atoms with Crippen LogP contribution in [0.3, 0.4) is 0 Å². The van der Waals surface area contributed by atoms with Crippen LogP contribution in [-0.4, -0.2) is 21.9 Å². The van der Waals surface area contributed by atoms with E-state index in [0.29, 0.717) is 0 Å². The van der Waals surface area contributed by atoms with E-state index in [2.05, 4.69) is 45.0 Å². The summed E-state index contributed by atoms with van der Waals surface area (Å²) in [5, 5.41) is 8.67. The van der Waals surface area contributed by atoms with Gasteiger partial charge in [-0.05, 0) is 33.1 Å². The molecule has 0 aliphatic heterocycles. The molecule has 1 heterocycles. The summed E-state index contributed by atoms with van der Waals surface area (Å²) in [4.78, 5) is 0. The van der Waals surface area contributed by atoms with Gasteiger partial charge in [0.25, 0.3) is 0 Å². The summed E-state index contributed by atoms with van der Waals surface area (Å²) in [6, 6.07) is 0. The van der Waals surface area contributed by atoms with Crippen LogP contribution in [0.2, 0.25) is 5.02 Å². The lowest BCUT2D eigenvalue weighted by Crippen LogP contribution is -2.43. The number of nitrogens with zero attached hydrogens (tertiary/aromatic N) is 2. The maximum Gasteiger partial charge on any atom is 0.0814 e. The smallest absolute Gasteiger partial charge is 0.0814 e. The van der Waals surface area contributed by atoms with E-state index in [4.69, 9.17) is 11.6 Å². The monoisotopic (exact) mass is 257 g/mol. The van der Waals surface area contributed by atoms with E-state index in [0.717, 1.165) is 23.8 Å². The zero-order valence-electron chi connectivity index (χ0n) is 11.8. The van der Waals surface area contributed by atoms with Gasteiger partial charge in [0.05, 0.1) is 10.7 Å². The van der Waals surface area contributed by atoms with Crippen molar-refractivity contribution in [2.45, 2.75) is 53.6 Å². The van der Waals surface area contributed by atoms with Gasteiger partial charge in [0, 0.05) is 24.8 Å². The Bertz CT molecular complexity index is 355. The molecule has 17 heavy (non-hydrogen) atoms. The fraction of sp³-hybridized carbons (Fsp3) is 0.769. The van der Waals surface area contributed by atoms with Crippen molar-refractivity contribution in [2.75, 3.05) is 6.54 Å². The minimum Gasteiger partial charge on any atom is -0.311 e. The van der Waals surface area contributed by atoms with Crippen molar-refractivity contribution >= 4 is 11.6 Å². The van der Waals surface area contributed by atoms with Crippen molar-refractivity contribution in [3.63, 3.8) is 0 Å². The molecule has 0 amide bonds. The summed E-state index contributed by atoms with van der Waals surface area (Å²) in [7, 11) is 0. The molecule has 0 radical (unpaired) electrons. The highest BCUT2D eigenvalue weighted by atomic mass is 35.5. The maximum absolute atomic E-state index is 6.01. The van der Waals surface area contributed by atoms with Crippen LogP contribution in [0.5, 0.6) is 0 Å². The molecule has 0 unspecified atom stereocenters. The van der Waals surface area contributed by atoms with E-state index < -0.39 is 0 Å². The molecule has 1 rings (SSSR count). The van der Waals surface area contributed by atoms with Crippen LogP contribution >= 0.6 is 11.6 Å². The third-order valence-electron chi connectivity index (χ3n) is 2.57. The first-order chi connectivity index (χ1) is 7.59. The zero-order valence-corrected chi connectivity index (χ0v) is 12.5. The van der Waals surface area contributed by atoms with Gasteiger partial charge in [-0.25, -0.2) is 0 Å². The van der Waals surface area contributed by atoms with Gasteiger partial charge in [-0.2, -0.15) is 5.10 Å². The van der Waals surface area contributed by atoms with Gasteiger partial charge in [-0.3, -0.25) is 4.68 Å². The van der Waals surface area contributed by atoms with Crippen LogP contribution in [-0.2, 0) is 6.54 Å². The SMILES string of the molecule is Cc1nn(CC(C)(C)CNC(C)(C)C)cc1Cl. The van der Waals surface area contributed by atoms with Gasteiger partial charge in [0.2, 0.25) is 0 Å². The van der Waals surface area contributed by atoms with Gasteiger partial charge in [0.1, 0.15) is 0 Å². The highest BCUT2D eigenvalue weighted by Crippen LogP contribution is 2.20. The molecule has 0 saturated carbocycles. The second-order valence-electron chi connectivity index (χ2n) is 6.53. The van der Waals surface area contributed by atoms with Gasteiger partial charge in [-0.1, -0.05) is 25.4 Å². The minimum absolute atomic E-state index is 0.148. The Morgan fingerprint density at radius 3 is 2.29 bits per heavy atom. The molecule has 0 atom stereocenters. The molecule has 0 aromatic carbocycles. The average Bonchev–Trinajstić information content (AvgIpc) is 2.41. The molecular formula is C13H24ClN3. The largest absolute Gasteiger partial charge is 0.311 e. The predicted molar refractivity (Wildman–Crippen MR) is 73.5 cm³/mol. The second-order valence-corrected chi connectivity index (χ2v) is 6.93. The van der Waals surface area contributed by atoms with Crippen molar-refractivity contribution in [1.82, 2.24) is 15.1 Å². The molecule has 0 aliphatic rings. The molecule has 0 saturated heterocycles. The van der Waals surface area contributed by atoms with Crippen LogP contribution in [0.15, 0.2) is 6.20 Å². The van der Waals surface area contributed by atoms with Crippen molar-refractivity contribution in [3.05, 3.63) is 16.9 Å². The van der Waals surface area contributed by atoms with E-state index in [1.165, 1.54) is 0 Å². The summed E-state index contributed by atoms with van der Waals surface area (Å²) in [5.41, 5.74) is 1.19. The molecular weight excluding hydrogens is 234 g/mol. The Morgan fingerprint density at radius 2 is 1.88 bits per heavy atom. The van der Waals surface area contributed by atoms with Gasteiger partial charge < -0.3 is 5.32 Å². The lowest BCUT2D eigenvalue weighted by Gasteiger charge is -2.30. The number of hydrogen-bond donors (Lipinski definition) is 1. The molecule has 1 N–H and O–H groups in total. The third kappa shape index (κ3) is 5.09. The molecule has 1 aromatic rings. The summed E-state index contributed by atoms with van der Waals surface area (Å²) >= 11 is 6.01. The van der Waals surface area contributed by atoms with Crippen LogP contribution in [0.1, 0.15) is 40.3 Å². The molecule has 0 spiro atoms. The lowest BCUT2D eigenvalue weighted by molar-refractivity contribution is 0.246. The molecule has 0 aliphatic carbocycles. The highest BCUT2D eigenvalue weighted by Gasteiger charge is 2.22. The maximum atomic E-state index is 6.01. The summed E-state index contributed by atoms with van der Waals surface area (Å²) in [6.07, 6.45) is 1.90. The fourth-order valence-corrected chi connectivity index (χ4v) is 1.72. The molecule has 1 aromatic heterocycles. The topological polar surface area (TPSA) is 29.9 Å². The van der Waals surface area contributed by atoms with Crippen LogP contribution in [0.4, 0.5) is 0 Å². The quantitative estimate of drug-likeness (QED) is 0.897. The average molecular weight is 258 g/mol. The van der Waals surface area contributed by atoms with Crippen molar-refractivity contribution in [2.24, 2.45) is 5.41 Å². The first-order valence-electron chi connectivity index (χ1n) is 6.04. The lowest BCUT2D eigenvalue weighted by atomic mass is 9.92. The third-order valence-corrected chi connectivity index (χ3v) is 2.94. The summed E-state index contributed by atoms with van der Waals surface area (Å²) < 4.78 is 1.93. The highest BCUT2D eigenvalue weighted by molar-refractivity contribution is 6.31. The van der Waals surface area contributed by atoms with E-state index in [-0.39, 0.29) is 11.0 Å². The molecule has 0 fully saturated rings. The van der Waals surface area contributed by atoms with Crippen LogP contribution in [0, 0.1) is 12.3 Å². The van der Waals surface area contributed by atoms with Crippen molar-refractivity contribution < 1.29 is 0 Å². The first kappa shape index (κ1) is 14.5. The van der Waals surface area contributed by atoms with E-state index in [1.54, 1.807) is 0 Å². The Labute approximate surface area is 110 Å². The fourth-order valence-electron chi connectivity index (χ4n) is 1.57. The molecule has 98 valence electrons. The van der Waals surface area contributed by atoms with E-state index >= 15 is 0 Å². The number of rotatable bonds is 4. The number of aryl methyl sites for hydroxylation is 1. The van der Waals surface area contributed by atoms with Gasteiger partial charge >= 0.3 is 0 Å². The summed E-state index contributed by atoms with van der Waals surface area (Å²) in [5.74, 6) is 0. The Kier molecular flexibility index (Phi) is 4.26. The van der Waals surface area contributed by atoms with Gasteiger partial charge in [-0.15, -0.1) is 0 Å². The first-order valence-corrected chi connectivity index (χ1v) is 6.41. The Hall–Kier alpha value is -0.540. The molecule has 0 bridgehead atoms. The van der Waals surface area contributed by atoms with E-state index in [1.807, 2.05) is 17.8 Å². The van der Waals surface area contributed by atoms with Gasteiger partial charge in [0.15, 0.2) is 0 Å². The van der Waals surface area contributed by atoms with E-state index in [9.17, 15) is 0 Å².